The first-order chi connectivity index (χ1) is 11.0. The van der Waals surface area contributed by atoms with Crippen molar-refractivity contribution in [2.75, 3.05) is 5.73 Å². The molecule has 0 amide bonds. The fraction of sp³-hybridized carbons (Fsp3) is 0.222. The Labute approximate surface area is 141 Å². The van der Waals surface area contributed by atoms with Crippen LogP contribution in [-0.2, 0) is 6.54 Å². The summed E-state index contributed by atoms with van der Waals surface area (Å²) < 4.78 is 2.19. The Morgan fingerprint density at radius 2 is 1.78 bits per heavy atom. The lowest BCUT2D eigenvalue weighted by molar-refractivity contribution is 0.756. The number of nitrogens with zero attached hydrogens (tertiary/aromatic N) is 2. The van der Waals surface area contributed by atoms with Gasteiger partial charge in [-0.3, -0.25) is 0 Å². The van der Waals surface area contributed by atoms with Crippen molar-refractivity contribution in [2.24, 2.45) is 5.73 Å². The van der Waals surface area contributed by atoms with Crippen LogP contribution < -0.4 is 11.5 Å². The molecule has 0 atom stereocenters. The van der Waals surface area contributed by atoms with Crippen molar-refractivity contribution >= 4 is 33.9 Å². The second-order valence-corrected chi connectivity index (χ2v) is 6.37. The SMILES string of the molecule is Cc1cc2nc(-c3ccc(N)cc3)n(CCC(N)=S)c2cc1C. The summed E-state index contributed by atoms with van der Waals surface area (Å²) in [6.45, 7) is 4.93. The van der Waals surface area contributed by atoms with Crippen LogP contribution in [0.4, 0.5) is 5.69 Å². The Balaban J connectivity index is 2.20. The van der Waals surface area contributed by atoms with Crippen LogP contribution >= 0.6 is 12.2 Å². The molecule has 0 saturated carbocycles. The summed E-state index contributed by atoms with van der Waals surface area (Å²) in [5.74, 6) is 0.918. The Bertz CT molecular complexity index is 878. The van der Waals surface area contributed by atoms with Crippen molar-refractivity contribution in [3.63, 3.8) is 0 Å². The molecule has 0 unspecified atom stereocenters. The third-order valence-corrected chi connectivity index (χ3v) is 4.32. The summed E-state index contributed by atoms with van der Waals surface area (Å²) >= 11 is 5.04. The predicted octanol–water partition coefficient (Wildman–Crippen LogP) is 3.58. The standard InChI is InChI=1S/C18H20N4S/c1-11-9-15-16(10-12(11)2)22(8-7-17(20)23)18(21-15)13-3-5-14(19)6-4-13/h3-6,9-10H,7-8,19H2,1-2H3,(H2,20,23). The van der Waals surface area contributed by atoms with Gasteiger partial charge in [0.1, 0.15) is 5.82 Å². The number of thiocarbonyl (C=S) groups is 1. The van der Waals surface area contributed by atoms with Crippen molar-refractivity contribution in [2.45, 2.75) is 26.8 Å². The van der Waals surface area contributed by atoms with E-state index in [1.807, 2.05) is 24.3 Å². The van der Waals surface area contributed by atoms with E-state index in [2.05, 4.69) is 30.5 Å². The van der Waals surface area contributed by atoms with Crippen LogP contribution in [0.3, 0.4) is 0 Å². The van der Waals surface area contributed by atoms with E-state index in [-0.39, 0.29) is 0 Å². The van der Waals surface area contributed by atoms with Gasteiger partial charge in [0.05, 0.1) is 16.0 Å². The number of rotatable bonds is 4. The van der Waals surface area contributed by atoms with Crippen LogP contribution in [0, 0.1) is 13.8 Å². The first-order valence-corrected chi connectivity index (χ1v) is 7.98. The first kappa shape index (κ1) is 15.5. The summed E-state index contributed by atoms with van der Waals surface area (Å²) in [5.41, 5.74) is 17.9. The van der Waals surface area contributed by atoms with E-state index < -0.39 is 0 Å². The molecular formula is C18H20N4S. The maximum Gasteiger partial charge on any atom is 0.141 e. The topological polar surface area (TPSA) is 69.9 Å². The van der Waals surface area contributed by atoms with E-state index in [9.17, 15) is 0 Å². The summed E-state index contributed by atoms with van der Waals surface area (Å²) in [7, 11) is 0. The third kappa shape index (κ3) is 3.05. The highest BCUT2D eigenvalue weighted by molar-refractivity contribution is 7.80. The van der Waals surface area contributed by atoms with Gasteiger partial charge in [-0.25, -0.2) is 4.98 Å². The number of aromatic nitrogens is 2. The second kappa shape index (κ2) is 6.01. The molecule has 5 heteroatoms. The molecule has 0 aliphatic heterocycles. The van der Waals surface area contributed by atoms with Crippen LogP contribution in [-0.4, -0.2) is 14.5 Å². The fourth-order valence-electron chi connectivity index (χ4n) is 2.68. The van der Waals surface area contributed by atoms with Crippen LogP contribution in [0.2, 0.25) is 0 Å². The average molecular weight is 324 g/mol. The zero-order valence-electron chi connectivity index (χ0n) is 13.3. The molecule has 1 heterocycles. The molecule has 2 aromatic carbocycles. The molecule has 4 nitrogen and oxygen atoms in total. The predicted molar refractivity (Wildman–Crippen MR) is 100 cm³/mol. The largest absolute Gasteiger partial charge is 0.399 e. The second-order valence-electron chi connectivity index (χ2n) is 5.85. The molecule has 3 rings (SSSR count). The summed E-state index contributed by atoms with van der Waals surface area (Å²) in [4.78, 5) is 5.34. The molecule has 0 bridgehead atoms. The molecule has 23 heavy (non-hydrogen) atoms. The summed E-state index contributed by atoms with van der Waals surface area (Å²) in [6.07, 6.45) is 0.649. The van der Waals surface area contributed by atoms with Crippen LogP contribution in [0.1, 0.15) is 17.5 Å². The molecule has 0 aliphatic carbocycles. The molecule has 0 radical (unpaired) electrons. The van der Waals surface area contributed by atoms with E-state index in [0.717, 1.165) is 28.1 Å². The van der Waals surface area contributed by atoms with Crippen LogP contribution in [0.15, 0.2) is 36.4 Å². The number of imidazole rings is 1. The Morgan fingerprint density at radius 1 is 1.13 bits per heavy atom. The van der Waals surface area contributed by atoms with Gasteiger partial charge in [0.2, 0.25) is 0 Å². The van der Waals surface area contributed by atoms with Gasteiger partial charge in [0.25, 0.3) is 0 Å². The number of nitrogens with two attached hydrogens (primary N) is 2. The molecule has 0 saturated heterocycles. The summed E-state index contributed by atoms with van der Waals surface area (Å²) in [5, 5.41) is 0. The molecule has 3 aromatic rings. The number of nitrogen functional groups attached to an aromatic ring is 1. The lowest BCUT2D eigenvalue weighted by Gasteiger charge is -2.10. The Morgan fingerprint density at radius 3 is 2.43 bits per heavy atom. The van der Waals surface area contributed by atoms with Crippen molar-refractivity contribution in [1.82, 2.24) is 9.55 Å². The molecule has 0 fully saturated rings. The van der Waals surface area contributed by atoms with Gasteiger partial charge < -0.3 is 16.0 Å². The average Bonchev–Trinajstić information content (AvgIpc) is 2.84. The number of hydrogen-bond donors (Lipinski definition) is 2. The maximum absolute atomic E-state index is 5.80. The number of aryl methyl sites for hydroxylation is 3. The van der Waals surface area contributed by atoms with Crippen molar-refractivity contribution in [3.8, 4) is 11.4 Å². The highest BCUT2D eigenvalue weighted by Crippen LogP contribution is 2.27. The van der Waals surface area contributed by atoms with Gasteiger partial charge in [-0.2, -0.15) is 0 Å². The smallest absolute Gasteiger partial charge is 0.141 e. The fourth-order valence-corrected chi connectivity index (χ4v) is 2.77. The molecule has 0 spiro atoms. The van der Waals surface area contributed by atoms with Crippen molar-refractivity contribution in [1.29, 1.82) is 0 Å². The molecule has 118 valence electrons. The summed E-state index contributed by atoms with van der Waals surface area (Å²) in [6, 6.07) is 12.1. The van der Waals surface area contributed by atoms with E-state index in [0.29, 0.717) is 18.0 Å². The molecular weight excluding hydrogens is 304 g/mol. The molecule has 0 aliphatic rings. The molecule has 1 aromatic heterocycles. The van der Waals surface area contributed by atoms with Gasteiger partial charge >= 0.3 is 0 Å². The Kier molecular flexibility index (Phi) is 4.05. The zero-order valence-corrected chi connectivity index (χ0v) is 14.2. The quantitative estimate of drug-likeness (QED) is 0.568. The maximum atomic E-state index is 5.80. The normalized spacial score (nSPS) is 11.0. The minimum atomic E-state index is 0.513. The minimum Gasteiger partial charge on any atom is -0.399 e. The van der Waals surface area contributed by atoms with E-state index >= 15 is 0 Å². The van der Waals surface area contributed by atoms with Crippen LogP contribution in [0.5, 0.6) is 0 Å². The third-order valence-electron chi connectivity index (χ3n) is 4.11. The highest BCUT2D eigenvalue weighted by atomic mass is 32.1. The van der Waals surface area contributed by atoms with Crippen molar-refractivity contribution in [3.05, 3.63) is 47.5 Å². The number of hydrogen-bond acceptors (Lipinski definition) is 3. The first-order valence-electron chi connectivity index (χ1n) is 7.57. The van der Waals surface area contributed by atoms with E-state index in [1.165, 1.54) is 11.1 Å². The molecule has 4 N–H and O–H groups in total. The monoisotopic (exact) mass is 324 g/mol. The minimum absolute atomic E-state index is 0.513. The number of benzene rings is 2. The Hall–Kier alpha value is -2.40. The van der Waals surface area contributed by atoms with Gasteiger partial charge in [-0.1, -0.05) is 12.2 Å². The van der Waals surface area contributed by atoms with E-state index in [4.69, 9.17) is 28.7 Å². The van der Waals surface area contributed by atoms with Crippen LogP contribution in [0.25, 0.3) is 22.4 Å². The zero-order chi connectivity index (χ0) is 16.6. The highest BCUT2D eigenvalue weighted by Gasteiger charge is 2.14. The number of fused-ring (bicyclic) bond motifs is 1. The lowest BCUT2D eigenvalue weighted by atomic mass is 10.1. The van der Waals surface area contributed by atoms with Crippen molar-refractivity contribution < 1.29 is 0 Å². The van der Waals surface area contributed by atoms with Gasteiger partial charge in [0.15, 0.2) is 0 Å². The van der Waals surface area contributed by atoms with E-state index in [1.54, 1.807) is 0 Å². The lowest BCUT2D eigenvalue weighted by Crippen LogP contribution is -2.12. The van der Waals surface area contributed by atoms with Gasteiger partial charge in [0, 0.05) is 24.2 Å². The number of anilines is 1. The van der Waals surface area contributed by atoms with Gasteiger partial charge in [-0.05, 0) is 61.4 Å². The van der Waals surface area contributed by atoms with Gasteiger partial charge in [-0.15, -0.1) is 0 Å².